The molecule has 0 spiro atoms. The molecule has 0 fully saturated rings. The summed E-state index contributed by atoms with van der Waals surface area (Å²) in [5.74, 6) is 2.14. The Morgan fingerprint density at radius 3 is 2.75 bits per heavy atom. The highest BCUT2D eigenvalue weighted by molar-refractivity contribution is 7.89. The summed E-state index contributed by atoms with van der Waals surface area (Å²) in [6.07, 6.45) is 4.95. The standard InChI is InChI=1S/C10H7ClN2O2S/c1-2-5-13-16(14,15)10-6-8(7-12)3-4-9(10)11/h1,3-4,6,13H,5H2. The van der Waals surface area contributed by atoms with Crippen molar-refractivity contribution in [1.82, 2.24) is 4.72 Å². The van der Waals surface area contributed by atoms with Crippen molar-refractivity contribution in [3.05, 3.63) is 28.8 Å². The number of benzene rings is 1. The summed E-state index contributed by atoms with van der Waals surface area (Å²) >= 11 is 5.74. The second-order valence-electron chi connectivity index (χ2n) is 2.79. The van der Waals surface area contributed by atoms with Crippen LogP contribution in [0.5, 0.6) is 0 Å². The largest absolute Gasteiger partial charge is 0.242 e. The van der Waals surface area contributed by atoms with Gasteiger partial charge in [0.05, 0.1) is 23.2 Å². The third-order valence-corrected chi connectivity index (χ3v) is 3.60. The Morgan fingerprint density at radius 1 is 1.50 bits per heavy atom. The number of terminal acetylenes is 1. The maximum atomic E-state index is 11.7. The van der Waals surface area contributed by atoms with E-state index in [1.54, 1.807) is 0 Å². The highest BCUT2D eigenvalue weighted by Crippen LogP contribution is 2.22. The summed E-state index contributed by atoms with van der Waals surface area (Å²) in [4.78, 5) is -0.150. The Hall–Kier alpha value is -1.53. The molecule has 0 radical (unpaired) electrons. The zero-order valence-electron chi connectivity index (χ0n) is 8.07. The number of hydrogen-bond acceptors (Lipinski definition) is 3. The molecule has 16 heavy (non-hydrogen) atoms. The first-order chi connectivity index (χ1) is 7.51. The van der Waals surface area contributed by atoms with Gasteiger partial charge in [-0.3, -0.25) is 0 Å². The van der Waals surface area contributed by atoms with Crippen LogP contribution < -0.4 is 4.72 Å². The Morgan fingerprint density at radius 2 is 2.19 bits per heavy atom. The molecule has 1 aromatic carbocycles. The van der Waals surface area contributed by atoms with E-state index in [-0.39, 0.29) is 22.0 Å². The zero-order chi connectivity index (χ0) is 12.2. The number of rotatable bonds is 3. The van der Waals surface area contributed by atoms with Gasteiger partial charge in [-0.15, -0.1) is 6.42 Å². The number of halogens is 1. The van der Waals surface area contributed by atoms with Gasteiger partial charge in [-0.2, -0.15) is 9.98 Å². The van der Waals surface area contributed by atoms with Gasteiger partial charge in [-0.25, -0.2) is 8.42 Å². The monoisotopic (exact) mass is 254 g/mol. The second-order valence-corrected chi connectivity index (χ2v) is 4.93. The third kappa shape index (κ3) is 2.74. The number of nitriles is 1. The summed E-state index contributed by atoms with van der Waals surface area (Å²) in [7, 11) is -3.76. The molecule has 0 aliphatic heterocycles. The van der Waals surface area contributed by atoms with Gasteiger partial charge in [0.25, 0.3) is 0 Å². The van der Waals surface area contributed by atoms with Crippen molar-refractivity contribution >= 4 is 21.6 Å². The highest BCUT2D eigenvalue weighted by Gasteiger charge is 2.17. The smallest absolute Gasteiger partial charge is 0.207 e. The number of nitrogens with one attached hydrogen (secondary N) is 1. The van der Waals surface area contributed by atoms with Crippen molar-refractivity contribution in [1.29, 1.82) is 5.26 Å². The topological polar surface area (TPSA) is 70.0 Å². The number of nitrogens with zero attached hydrogens (tertiary/aromatic N) is 1. The van der Waals surface area contributed by atoms with Crippen molar-refractivity contribution < 1.29 is 8.42 Å². The van der Waals surface area contributed by atoms with E-state index in [9.17, 15) is 8.42 Å². The van der Waals surface area contributed by atoms with E-state index >= 15 is 0 Å². The molecule has 0 amide bonds. The van der Waals surface area contributed by atoms with Gasteiger partial charge in [-0.05, 0) is 18.2 Å². The van der Waals surface area contributed by atoms with Crippen molar-refractivity contribution in [2.24, 2.45) is 0 Å². The number of hydrogen-bond donors (Lipinski definition) is 1. The molecule has 0 bridgehead atoms. The molecule has 0 aliphatic carbocycles. The van der Waals surface area contributed by atoms with Crippen LogP contribution >= 0.6 is 11.6 Å². The van der Waals surface area contributed by atoms with Crippen LogP contribution in [0, 0.1) is 23.7 Å². The third-order valence-electron chi connectivity index (χ3n) is 1.71. The summed E-state index contributed by atoms with van der Waals surface area (Å²) < 4.78 is 25.5. The van der Waals surface area contributed by atoms with Gasteiger partial charge in [-0.1, -0.05) is 17.5 Å². The van der Waals surface area contributed by atoms with E-state index < -0.39 is 10.0 Å². The van der Waals surface area contributed by atoms with Crippen LogP contribution in [0.2, 0.25) is 5.02 Å². The molecule has 0 unspecified atom stereocenters. The van der Waals surface area contributed by atoms with Gasteiger partial charge in [0.2, 0.25) is 10.0 Å². The average molecular weight is 255 g/mol. The molecule has 0 aliphatic rings. The zero-order valence-corrected chi connectivity index (χ0v) is 9.64. The second kappa shape index (κ2) is 5.00. The van der Waals surface area contributed by atoms with Crippen LogP contribution in [0.3, 0.4) is 0 Å². The van der Waals surface area contributed by atoms with Crippen molar-refractivity contribution in [2.75, 3.05) is 6.54 Å². The van der Waals surface area contributed by atoms with Crippen molar-refractivity contribution in [3.63, 3.8) is 0 Å². The lowest BCUT2D eigenvalue weighted by Gasteiger charge is -2.06. The van der Waals surface area contributed by atoms with Crippen LogP contribution in [0.25, 0.3) is 0 Å². The predicted octanol–water partition coefficient (Wildman–Crippen LogP) is 1.12. The van der Waals surface area contributed by atoms with E-state index in [0.29, 0.717) is 0 Å². The fourth-order valence-corrected chi connectivity index (χ4v) is 2.45. The fourth-order valence-electron chi connectivity index (χ4n) is 0.993. The van der Waals surface area contributed by atoms with E-state index in [0.717, 1.165) is 0 Å². The molecule has 82 valence electrons. The van der Waals surface area contributed by atoms with Gasteiger partial charge >= 0.3 is 0 Å². The minimum atomic E-state index is -3.76. The Labute approximate surface area is 98.9 Å². The Kier molecular flexibility index (Phi) is 3.92. The minimum Gasteiger partial charge on any atom is -0.207 e. The molecular formula is C10H7ClN2O2S. The van der Waals surface area contributed by atoms with E-state index in [4.69, 9.17) is 23.3 Å². The molecule has 1 N–H and O–H groups in total. The quantitative estimate of drug-likeness (QED) is 0.822. The molecule has 0 atom stereocenters. The van der Waals surface area contributed by atoms with Gasteiger partial charge in [0.1, 0.15) is 4.90 Å². The maximum absolute atomic E-state index is 11.7. The first-order valence-corrected chi connectivity index (χ1v) is 6.00. The highest BCUT2D eigenvalue weighted by atomic mass is 35.5. The molecule has 6 heteroatoms. The van der Waals surface area contributed by atoms with Crippen molar-refractivity contribution in [2.45, 2.75) is 4.90 Å². The van der Waals surface area contributed by atoms with Crippen LogP contribution in [0.1, 0.15) is 5.56 Å². The summed E-state index contributed by atoms with van der Waals surface area (Å²) in [6.45, 7) is -0.130. The van der Waals surface area contributed by atoms with E-state index in [1.807, 2.05) is 6.07 Å². The Bertz CT molecular complexity index is 582. The maximum Gasteiger partial charge on any atom is 0.242 e. The molecule has 0 saturated heterocycles. The minimum absolute atomic E-state index is 0.0449. The summed E-state index contributed by atoms with van der Waals surface area (Å²) in [5.41, 5.74) is 0.213. The van der Waals surface area contributed by atoms with Crippen LogP contribution in [-0.2, 0) is 10.0 Å². The first-order valence-electron chi connectivity index (χ1n) is 4.14. The first kappa shape index (κ1) is 12.5. The molecule has 0 heterocycles. The SMILES string of the molecule is C#CCNS(=O)(=O)c1cc(C#N)ccc1Cl. The van der Waals surface area contributed by atoms with Gasteiger partial charge in [0.15, 0.2) is 0 Å². The normalized spacial score (nSPS) is 10.4. The van der Waals surface area contributed by atoms with Crippen molar-refractivity contribution in [3.8, 4) is 18.4 Å². The summed E-state index contributed by atoms with van der Waals surface area (Å²) in [5, 5.41) is 8.70. The molecule has 1 aromatic rings. The molecule has 0 aromatic heterocycles. The van der Waals surface area contributed by atoms with Gasteiger partial charge in [0, 0.05) is 0 Å². The lowest BCUT2D eigenvalue weighted by atomic mass is 10.2. The lowest BCUT2D eigenvalue weighted by molar-refractivity contribution is 0.586. The van der Waals surface area contributed by atoms with Gasteiger partial charge < -0.3 is 0 Å². The molecular weight excluding hydrogens is 248 g/mol. The predicted molar refractivity (Wildman–Crippen MR) is 60.2 cm³/mol. The Balaban J connectivity index is 3.23. The van der Waals surface area contributed by atoms with E-state index in [2.05, 4.69) is 10.6 Å². The van der Waals surface area contributed by atoms with E-state index in [1.165, 1.54) is 18.2 Å². The molecule has 1 rings (SSSR count). The summed E-state index contributed by atoms with van der Waals surface area (Å²) in [6, 6.07) is 5.81. The average Bonchev–Trinajstić information content (AvgIpc) is 2.27. The van der Waals surface area contributed by atoms with Crippen LogP contribution in [-0.4, -0.2) is 15.0 Å². The molecule has 0 saturated carbocycles. The van der Waals surface area contributed by atoms with Crippen LogP contribution in [0.4, 0.5) is 0 Å². The number of sulfonamides is 1. The fraction of sp³-hybridized carbons (Fsp3) is 0.100. The molecule has 4 nitrogen and oxygen atoms in total. The van der Waals surface area contributed by atoms with Crippen LogP contribution in [0.15, 0.2) is 23.1 Å². The lowest BCUT2D eigenvalue weighted by Crippen LogP contribution is -2.24.